The Labute approximate surface area is 208 Å². The first kappa shape index (κ1) is 23.8. The molecule has 1 N–H and O–H groups in total. The average Bonchev–Trinajstić information content (AvgIpc) is 2.88. The summed E-state index contributed by atoms with van der Waals surface area (Å²) < 4.78 is 6.47. The lowest BCUT2D eigenvalue weighted by Crippen LogP contribution is -2.48. The first-order valence-corrected chi connectivity index (χ1v) is 12.2. The summed E-state index contributed by atoms with van der Waals surface area (Å²) in [5, 5.41) is 2.86. The summed E-state index contributed by atoms with van der Waals surface area (Å²) in [6.45, 7) is 4.95. The van der Waals surface area contributed by atoms with Crippen molar-refractivity contribution >= 4 is 39.1 Å². The van der Waals surface area contributed by atoms with Gasteiger partial charge in [0.1, 0.15) is 5.75 Å². The molecular weight excluding hydrogens is 494 g/mol. The second kappa shape index (κ2) is 11.2. The maximum absolute atomic E-state index is 12.8. The third-order valence-electron chi connectivity index (χ3n) is 5.88. The number of halogens is 1. The van der Waals surface area contributed by atoms with Gasteiger partial charge in [-0.2, -0.15) is 0 Å². The normalized spacial score (nSPS) is 13.5. The second-order valence-electron chi connectivity index (χ2n) is 8.17. The summed E-state index contributed by atoms with van der Waals surface area (Å²) in [6.07, 6.45) is 0.968. The number of nitrogens with one attached hydrogen (secondary N) is 1. The lowest BCUT2D eigenvalue weighted by atomic mass is 10.1. The van der Waals surface area contributed by atoms with Crippen molar-refractivity contribution in [3.05, 3.63) is 88.4 Å². The van der Waals surface area contributed by atoms with Crippen LogP contribution in [0.15, 0.2) is 77.3 Å². The molecule has 0 spiro atoms. The minimum atomic E-state index is -0.213. The Hall–Kier alpha value is -3.32. The van der Waals surface area contributed by atoms with Crippen LogP contribution in [-0.2, 0) is 11.2 Å². The molecule has 34 heavy (non-hydrogen) atoms. The zero-order chi connectivity index (χ0) is 23.9. The van der Waals surface area contributed by atoms with Crippen molar-refractivity contribution < 1.29 is 14.3 Å². The summed E-state index contributed by atoms with van der Waals surface area (Å²) in [4.78, 5) is 29.2. The first-order chi connectivity index (χ1) is 16.5. The lowest BCUT2D eigenvalue weighted by Gasteiger charge is -2.36. The molecule has 1 aliphatic heterocycles. The molecule has 0 aromatic heterocycles. The molecule has 2 amide bonds. The van der Waals surface area contributed by atoms with Gasteiger partial charge in [0.25, 0.3) is 11.8 Å². The van der Waals surface area contributed by atoms with Crippen LogP contribution < -0.4 is 15.0 Å². The summed E-state index contributed by atoms with van der Waals surface area (Å²) in [7, 11) is 0. The van der Waals surface area contributed by atoms with Gasteiger partial charge in [0.15, 0.2) is 6.61 Å². The molecule has 176 valence electrons. The molecular formula is C27H28BrN3O3. The van der Waals surface area contributed by atoms with E-state index >= 15 is 0 Å². The van der Waals surface area contributed by atoms with Crippen molar-refractivity contribution in [3.8, 4) is 5.75 Å². The average molecular weight is 522 g/mol. The number of hydrogen-bond acceptors (Lipinski definition) is 4. The molecule has 4 rings (SSSR count). The molecule has 0 unspecified atom stereocenters. The Morgan fingerprint density at radius 3 is 2.15 bits per heavy atom. The highest BCUT2D eigenvalue weighted by molar-refractivity contribution is 9.10. The maximum atomic E-state index is 12.8. The summed E-state index contributed by atoms with van der Waals surface area (Å²) in [5.41, 5.74) is 3.77. The van der Waals surface area contributed by atoms with E-state index in [4.69, 9.17) is 4.74 Å². The van der Waals surface area contributed by atoms with Crippen LogP contribution in [0.2, 0.25) is 0 Å². The second-order valence-corrected chi connectivity index (χ2v) is 9.08. The fraction of sp³-hybridized carbons (Fsp3) is 0.259. The highest BCUT2D eigenvalue weighted by atomic mass is 79.9. The van der Waals surface area contributed by atoms with Gasteiger partial charge in [-0.15, -0.1) is 0 Å². The van der Waals surface area contributed by atoms with Gasteiger partial charge in [-0.1, -0.05) is 35.0 Å². The van der Waals surface area contributed by atoms with Crippen LogP contribution in [0.4, 0.5) is 11.4 Å². The van der Waals surface area contributed by atoms with E-state index in [1.165, 1.54) is 5.56 Å². The molecule has 0 bridgehead atoms. The molecule has 1 aliphatic rings. The molecule has 1 heterocycles. The van der Waals surface area contributed by atoms with E-state index < -0.39 is 0 Å². The minimum Gasteiger partial charge on any atom is -0.484 e. The van der Waals surface area contributed by atoms with E-state index in [0.717, 1.165) is 40.9 Å². The maximum Gasteiger partial charge on any atom is 0.262 e. The minimum absolute atomic E-state index is 0.0550. The molecule has 3 aromatic rings. The number of anilines is 2. The smallest absolute Gasteiger partial charge is 0.262 e. The van der Waals surface area contributed by atoms with E-state index in [1.54, 1.807) is 0 Å². The van der Waals surface area contributed by atoms with E-state index in [1.807, 2.05) is 77.7 Å². The predicted molar refractivity (Wildman–Crippen MR) is 139 cm³/mol. The Kier molecular flexibility index (Phi) is 7.85. The number of amides is 2. The largest absolute Gasteiger partial charge is 0.484 e. The van der Waals surface area contributed by atoms with Crippen molar-refractivity contribution in [2.75, 3.05) is 43.0 Å². The zero-order valence-corrected chi connectivity index (χ0v) is 20.8. The van der Waals surface area contributed by atoms with Gasteiger partial charge in [-0.05, 0) is 72.6 Å². The third kappa shape index (κ3) is 6.17. The number of carbonyl (C=O) groups excluding carboxylic acids is 2. The van der Waals surface area contributed by atoms with Crippen molar-refractivity contribution in [1.82, 2.24) is 4.90 Å². The number of benzene rings is 3. The molecule has 0 radical (unpaired) electrons. The third-order valence-corrected chi connectivity index (χ3v) is 6.40. The van der Waals surface area contributed by atoms with Gasteiger partial charge in [0.2, 0.25) is 0 Å². The molecule has 0 atom stereocenters. The quantitative estimate of drug-likeness (QED) is 0.475. The van der Waals surface area contributed by atoms with Crippen LogP contribution in [0, 0.1) is 0 Å². The van der Waals surface area contributed by atoms with Gasteiger partial charge in [-0.25, -0.2) is 0 Å². The van der Waals surface area contributed by atoms with Crippen LogP contribution in [0.5, 0.6) is 5.75 Å². The fourth-order valence-corrected chi connectivity index (χ4v) is 4.13. The van der Waals surface area contributed by atoms with Crippen LogP contribution in [0.1, 0.15) is 22.8 Å². The monoisotopic (exact) mass is 521 g/mol. The van der Waals surface area contributed by atoms with Gasteiger partial charge in [-0.3, -0.25) is 9.59 Å². The van der Waals surface area contributed by atoms with E-state index in [9.17, 15) is 9.59 Å². The van der Waals surface area contributed by atoms with Gasteiger partial charge in [0, 0.05) is 47.6 Å². The highest BCUT2D eigenvalue weighted by Crippen LogP contribution is 2.21. The molecule has 0 saturated carbocycles. The van der Waals surface area contributed by atoms with Crippen LogP contribution in [0.3, 0.4) is 0 Å². The van der Waals surface area contributed by atoms with E-state index in [2.05, 4.69) is 33.1 Å². The SMILES string of the molecule is CCc1ccc(C(=O)N2CCN(c3ccc(NC(=O)COc4ccc(Br)cc4)cc3)CC2)cc1. The number of ether oxygens (including phenoxy) is 1. The Morgan fingerprint density at radius 1 is 0.882 bits per heavy atom. The Bertz CT molecular complexity index is 1110. The molecule has 7 heteroatoms. The highest BCUT2D eigenvalue weighted by Gasteiger charge is 2.22. The first-order valence-electron chi connectivity index (χ1n) is 11.4. The van der Waals surface area contributed by atoms with Crippen molar-refractivity contribution in [2.24, 2.45) is 0 Å². The number of piperazine rings is 1. The lowest BCUT2D eigenvalue weighted by molar-refractivity contribution is -0.118. The van der Waals surface area contributed by atoms with Gasteiger partial charge in [0.05, 0.1) is 0 Å². The number of hydrogen-bond donors (Lipinski definition) is 1. The number of aryl methyl sites for hydroxylation is 1. The number of rotatable bonds is 7. The summed E-state index contributed by atoms with van der Waals surface area (Å²) in [6, 6.07) is 23.0. The van der Waals surface area contributed by atoms with Crippen molar-refractivity contribution in [2.45, 2.75) is 13.3 Å². The molecule has 1 saturated heterocycles. The van der Waals surface area contributed by atoms with Gasteiger partial charge >= 0.3 is 0 Å². The van der Waals surface area contributed by atoms with Gasteiger partial charge < -0.3 is 19.9 Å². The van der Waals surface area contributed by atoms with Crippen molar-refractivity contribution in [1.29, 1.82) is 0 Å². The topological polar surface area (TPSA) is 61.9 Å². The van der Waals surface area contributed by atoms with Crippen LogP contribution >= 0.6 is 15.9 Å². The molecule has 3 aromatic carbocycles. The predicted octanol–water partition coefficient (Wildman–Crippen LogP) is 4.99. The molecule has 6 nitrogen and oxygen atoms in total. The standard InChI is InChI=1S/C27H28BrN3O3/c1-2-20-3-5-21(6-4-20)27(33)31-17-15-30(16-18-31)24-11-9-23(10-12-24)29-26(32)19-34-25-13-7-22(28)8-14-25/h3-14H,2,15-19H2,1H3,(H,29,32). The zero-order valence-electron chi connectivity index (χ0n) is 19.2. The number of nitrogens with zero attached hydrogens (tertiary/aromatic N) is 2. The van der Waals surface area contributed by atoms with E-state index in [-0.39, 0.29) is 18.4 Å². The fourth-order valence-electron chi connectivity index (χ4n) is 3.87. The van der Waals surface area contributed by atoms with E-state index in [0.29, 0.717) is 18.8 Å². The number of carbonyl (C=O) groups is 2. The Balaban J connectivity index is 1.25. The summed E-state index contributed by atoms with van der Waals surface area (Å²) >= 11 is 3.37. The van der Waals surface area contributed by atoms with Crippen molar-refractivity contribution in [3.63, 3.8) is 0 Å². The molecule has 0 aliphatic carbocycles. The Morgan fingerprint density at radius 2 is 1.53 bits per heavy atom. The van der Waals surface area contributed by atoms with Crippen LogP contribution in [0.25, 0.3) is 0 Å². The molecule has 1 fully saturated rings. The van der Waals surface area contributed by atoms with Crippen LogP contribution in [-0.4, -0.2) is 49.5 Å². The summed E-state index contributed by atoms with van der Waals surface area (Å²) in [5.74, 6) is 0.518.